The Labute approximate surface area is 191 Å². The maximum atomic E-state index is 12.2. The Morgan fingerprint density at radius 2 is 1.63 bits per heavy atom. The highest BCUT2D eigenvalue weighted by Gasteiger charge is 2.36. The zero-order valence-corrected chi connectivity index (χ0v) is 22.7. The second kappa shape index (κ2) is 10.9. The van der Waals surface area contributed by atoms with Crippen LogP contribution in [-0.2, 0) is 9.16 Å². The first-order valence-corrected chi connectivity index (χ1v) is 14.1. The first kappa shape index (κ1) is 26.8. The molecule has 0 N–H and O–H groups in total. The second-order valence-corrected chi connectivity index (χ2v) is 15.8. The van der Waals surface area contributed by atoms with E-state index in [2.05, 4.69) is 64.7 Å². The lowest BCUT2D eigenvalue weighted by atomic mass is 10.2. The molecule has 172 valence electrons. The zero-order chi connectivity index (χ0) is 23.2. The molecule has 9 heteroatoms. The van der Waals surface area contributed by atoms with Crippen molar-refractivity contribution in [2.45, 2.75) is 71.7 Å². The predicted octanol–water partition coefficient (Wildman–Crippen LogP) is 5.32. The van der Waals surface area contributed by atoms with Crippen LogP contribution in [0.3, 0.4) is 0 Å². The number of amides is 1. The number of hydrogen-bond donors (Lipinski definition) is 0. The van der Waals surface area contributed by atoms with Crippen molar-refractivity contribution < 1.29 is 14.0 Å². The van der Waals surface area contributed by atoms with Crippen molar-refractivity contribution in [1.29, 1.82) is 0 Å². The molecule has 1 aromatic heterocycles. The van der Waals surface area contributed by atoms with Gasteiger partial charge in [-0.25, -0.2) is 14.8 Å². The number of halogens is 1. The maximum Gasteiger partial charge on any atom is 0.410 e. The average Bonchev–Trinajstić information content (AvgIpc) is 2.59. The van der Waals surface area contributed by atoms with E-state index >= 15 is 0 Å². The van der Waals surface area contributed by atoms with Gasteiger partial charge in [-0.15, -0.1) is 0 Å². The number of rotatable bonds is 9. The summed E-state index contributed by atoms with van der Waals surface area (Å²) in [6, 6.07) is 0. The van der Waals surface area contributed by atoms with Gasteiger partial charge in [0.2, 0.25) is 5.95 Å². The van der Waals surface area contributed by atoms with Gasteiger partial charge < -0.3 is 19.0 Å². The Bertz CT molecular complexity index is 672. The molecule has 0 aliphatic rings. The fraction of sp³-hybridized carbons (Fsp3) is 0.762. The zero-order valence-electron chi connectivity index (χ0n) is 20.1. The molecule has 1 heterocycles. The van der Waals surface area contributed by atoms with E-state index in [-0.39, 0.29) is 11.1 Å². The van der Waals surface area contributed by atoms with Crippen LogP contribution >= 0.6 is 15.9 Å². The molecule has 0 aliphatic heterocycles. The fourth-order valence-electron chi connectivity index (χ4n) is 2.28. The normalized spacial score (nSPS) is 12.6. The van der Waals surface area contributed by atoms with Crippen LogP contribution < -0.4 is 4.90 Å². The Kier molecular flexibility index (Phi) is 9.76. The van der Waals surface area contributed by atoms with Gasteiger partial charge in [-0.05, 0) is 61.3 Å². The van der Waals surface area contributed by atoms with Gasteiger partial charge in [-0.1, -0.05) is 20.8 Å². The highest BCUT2D eigenvalue weighted by Crippen LogP contribution is 2.36. The van der Waals surface area contributed by atoms with E-state index in [1.807, 2.05) is 20.8 Å². The van der Waals surface area contributed by atoms with Crippen LogP contribution in [-0.4, -0.2) is 68.2 Å². The molecular formula is C21H39BrN4O3Si. The summed E-state index contributed by atoms with van der Waals surface area (Å²) in [5, 5.41) is 0.192. The lowest BCUT2D eigenvalue weighted by Crippen LogP contribution is -2.42. The van der Waals surface area contributed by atoms with Crippen molar-refractivity contribution in [2.24, 2.45) is 0 Å². The molecule has 0 bridgehead atoms. The Morgan fingerprint density at radius 3 is 2.13 bits per heavy atom. The van der Waals surface area contributed by atoms with Crippen molar-refractivity contribution in [1.82, 2.24) is 14.9 Å². The minimum atomic E-state index is -1.76. The summed E-state index contributed by atoms with van der Waals surface area (Å²) >= 11 is 3.38. The lowest BCUT2D eigenvalue weighted by Gasteiger charge is -2.36. The Balaban J connectivity index is 2.70. The van der Waals surface area contributed by atoms with Crippen LogP contribution in [0.25, 0.3) is 0 Å². The van der Waals surface area contributed by atoms with E-state index in [0.717, 1.165) is 17.4 Å². The highest BCUT2D eigenvalue weighted by molar-refractivity contribution is 9.10. The molecule has 30 heavy (non-hydrogen) atoms. The van der Waals surface area contributed by atoms with Crippen LogP contribution in [0.1, 0.15) is 48.0 Å². The topological polar surface area (TPSA) is 67.8 Å². The molecule has 7 nitrogen and oxygen atoms in total. The van der Waals surface area contributed by atoms with E-state index in [4.69, 9.17) is 9.16 Å². The van der Waals surface area contributed by atoms with E-state index in [0.29, 0.717) is 25.6 Å². The molecule has 0 aromatic carbocycles. The van der Waals surface area contributed by atoms with Crippen LogP contribution in [0.15, 0.2) is 16.9 Å². The third-order valence-corrected chi connectivity index (χ3v) is 10.1. The molecule has 1 aromatic rings. The van der Waals surface area contributed by atoms with E-state index in [1.54, 1.807) is 24.3 Å². The van der Waals surface area contributed by atoms with Crippen molar-refractivity contribution in [2.75, 3.05) is 38.2 Å². The number of hydrogen-bond acceptors (Lipinski definition) is 6. The Hall–Kier alpha value is -1.19. The van der Waals surface area contributed by atoms with Crippen LogP contribution in [0.4, 0.5) is 10.7 Å². The lowest BCUT2D eigenvalue weighted by molar-refractivity contribution is 0.0303. The molecule has 0 atom stereocenters. The predicted molar refractivity (Wildman–Crippen MR) is 129 cm³/mol. The standard InChI is InChI=1S/C21H39BrN4O3Si/c1-20(2,3)29-19(27)25(7)12-13-26(18-23-15-17(22)16-24-18)11-10-14-28-30(8,9)21(4,5)6/h15-16H,10-14H2,1-9H3. The van der Waals surface area contributed by atoms with Crippen LogP contribution in [0.2, 0.25) is 18.1 Å². The number of ether oxygens (including phenoxy) is 1. The number of nitrogens with zero attached hydrogens (tertiary/aromatic N) is 4. The summed E-state index contributed by atoms with van der Waals surface area (Å²) in [4.78, 5) is 24.8. The van der Waals surface area contributed by atoms with Crippen molar-refractivity contribution in [3.05, 3.63) is 16.9 Å². The van der Waals surface area contributed by atoms with Gasteiger partial charge >= 0.3 is 6.09 Å². The van der Waals surface area contributed by atoms with Gasteiger partial charge in [0.1, 0.15) is 5.60 Å². The summed E-state index contributed by atoms with van der Waals surface area (Å²) in [7, 11) is -0.0179. The smallest absolute Gasteiger partial charge is 0.410 e. The summed E-state index contributed by atoms with van der Waals surface area (Å²) in [6.07, 6.45) is 4.00. The molecule has 0 saturated heterocycles. The summed E-state index contributed by atoms with van der Waals surface area (Å²) in [5.41, 5.74) is -0.513. The maximum absolute atomic E-state index is 12.2. The van der Waals surface area contributed by atoms with Gasteiger partial charge in [-0.3, -0.25) is 0 Å². The molecule has 1 amide bonds. The van der Waals surface area contributed by atoms with E-state index in [9.17, 15) is 4.79 Å². The largest absolute Gasteiger partial charge is 0.444 e. The number of carbonyl (C=O) groups is 1. The highest BCUT2D eigenvalue weighted by atomic mass is 79.9. The molecular weight excluding hydrogens is 464 g/mol. The first-order chi connectivity index (χ1) is 13.6. The fourth-order valence-corrected chi connectivity index (χ4v) is 3.57. The van der Waals surface area contributed by atoms with Crippen molar-refractivity contribution in [3.63, 3.8) is 0 Å². The van der Waals surface area contributed by atoms with Gasteiger partial charge in [0.05, 0.1) is 4.47 Å². The third-order valence-electron chi connectivity index (χ3n) is 5.14. The van der Waals surface area contributed by atoms with Gasteiger partial charge in [0, 0.05) is 45.7 Å². The monoisotopic (exact) mass is 502 g/mol. The molecule has 0 saturated carbocycles. The third kappa shape index (κ3) is 9.30. The first-order valence-electron chi connectivity index (χ1n) is 10.4. The van der Waals surface area contributed by atoms with Crippen LogP contribution in [0.5, 0.6) is 0 Å². The molecule has 0 aliphatic carbocycles. The second-order valence-electron chi connectivity index (χ2n) is 10.1. The van der Waals surface area contributed by atoms with Crippen molar-refractivity contribution >= 4 is 36.3 Å². The average molecular weight is 504 g/mol. The molecule has 0 unspecified atom stereocenters. The van der Waals surface area contributed by atoms with Crippen molar-refractivity contribution in [3.8, 4) is 0 Å². The summed E-state index contributed by atoms with van der Waals surface area (Å²) in [5.74, 6) is 0.642. The summed E-state index contributed by atoms with van der Waals surface area (Å²) in [6.45, 7) is 19.4. The number of anilines is 1. The van der Waals surface area contributed by atoms with Gasteiger partial charge in [0.25, 0.3) is 0 Å². The van der Waals surface area contributed by atoms with Gasteiger partial charge in [-0.2, -0.15) is 0 Å². The quantitative estimate of drug-likeness (QED) is 0.336. The van der Waals surface area contributed by atoms with Gasteiger partial charge in [0.15, 0.2) is 8.32 Å². The minimum Gasteiger partial charge on any atom is -0.444 e. The van der Waals surface area contributed by atoms with Crippen LogP contribution in [0, 0.1) is 0 Å². The minimum absolute atomic E-state index is 0.192. The number of likely N-dealkylation sites (N-methyl/N-ethyl adjacent to an activating group) is 1. The molecule has 0 radical (unpaired) electrons. The molecule has 1 rings (SSSR count). The van der Waals surface area contributed by atoms with E-state index < -0.39 is 13.9 Å². The number of carbonyl (C=O) groups excluding carboxylic acids is 1. The summed E-state index contributed by atoms with van der Waals surface area (Å²) < 4.78 is 12.6. The molecule has 0 fully saturated rings. The SMILES string of the molecule is CN(CCN(CCCO[Si](C)(C)C(C)(C)C)c1ncc(Br)cn1)C(=O)OC(C)(C)C. The Morgan fingerprint density at radius 1 is 1.07 bits per heavy atom. The van der Waals surface area contributed by atoms with E-state index in [1.165, 1.54) is 0 Å². The molecule has 0 spiro atoms. The number of aromatic nitrogens is 2.